The Bertz CT molecular complexity index is 329. The minimum atomic E-state index is -0.403. The van der Waals surface area contributed by atoms with Gasteiger partial charge < -0.3 is 10.2 Å². The summed E-state index contributed by atoms with van der Waals surface area (Å²) in [6.07, 6.45) is 3.84. The van der Waals surface area contributed by atoms with Gasteiger partial charge in [-0.3, -0.25) is 0 Å². The molecule has 2 N–H and O–H groups in total. The maximum absolute atomic E-state index is 9.28. The SMILES string of the molecule is Oc1ccc2c(c1)CC(O)C=C2. The van der Waals surface area contributed by atoms with E-state index in [1.54, 1.807) is 18.2 Å². The molecule has 1 aromatic rings. The van der Waals surface area contributed by atoms with Crippen molar-refractivity contribution in [2.45, 2.75) is 12.5 Å². The number of aliphatic hydroxyl groups is 1. The van der Waals surface area contributed by atoms with E-state index in [0.717, 1.165) is 11.1 Å². The van der Waals surface area contributed by atoms with Crippen LogP contribution in [0.2, 0.25) is 0 Å². The smallest absolute Gasteiger partial charge is 0.115 e. The Morgan fingerprint density at radius 2 is 2.17 bits per heavy atom. The van der Waals surface area contributed by atoms with E-state index in [0.29, 0.717) is 6.42 Å². The quantitative estimate of drug-likeness (QED) is 0.604. The van der Waals surface area contributed by atoms with E-state index in [4.69, 9.17) is 5.11 Å². The first kappa shape index (κ1) is 7.37. The molecule has 0 fully saturated rings. The molecule has 2 rings (SSSR count). The number of rotatable bonds is 0. The predicted molar refractivity (Wildman–Crippen MR) is 46.9 cm³/mol. The first-order chi connectivity index (χ1) is 5.75. The van der Waals surface area contributed by atoms with Gasteiger partial charge in [0.15, 0.2) is 0 Å². The van der Waals surface area contributed by atoms with Crippen molar-refractivity contribution in [3.8, 4) is 5.75 Å². The van der Waals surface area contributed by atoms with Gasteiger partial charge in [0.1, 0.15) is 5.75 Å². The van der Waals surface area contributed by atoms with Gasteiger partial charge in [0.05, 0.1) is 6.10 Å². The lowest BCUT2D eigenvalue weighted by molar-refractivity contribution is 0.223. The molecule has 0 bridgehead atoms. The highest BCUT2D eigenvalue weighted by atomic mass is 16.3. The number of benzene rings is 1. The summed E-state index contributed by atoms with van der Waals surface area (Å²) in [6.45, 7) is 0. The second-order valence-electron chi connectivity index (χ2n) is 3.01. The van der Waals surface area contributed by atoms with Crippen LogP contribution in [0.5, 0.6) is 5.75 Å². The molecule has 0 spiro atoms. The summed E-state index contributed by atoms with van der Waals surface area (Å²) < 4.78 is 0. The van der Waals surface area contributed by atoms with Crippen LogP contribution < -0.4 is 0 Å². The van der Waals surface area contributed by atoms with Gasteiger partial charge in [0.2, 0.25) is 0 Å². The van der Waals surface area contributed by atoms with Gasteiger partial charge in [-0.05, 0) is 23.3 Å². The fourth-order valence-electron chi connectivity index (χ4n) is 1.44. The highest BCUT2D eigenvalue weighted by molar-refractivity contribution is 5.58. The molecule has 0 aliphatic heterocycles. The molecule has 0 saturated carbocycles. The summed E-state index contributed by atoms with van der Waals surface area (Å²) in [4.78, 5) is 0. The van der Waals surface area contributed by atoms with Gasteiger partial charge in [-0.25, -0.2) is 0 Å². The maximum Gasteiger partial charge on any atom is 0.115 e. The Kier molecular flexibility index (Phi) is 1.62. The Labute approximate surface area is 70.8 Å². The van der Waals surface area contributed by atoms with Crippen LogP contribution in [0, 0.1) is 0 Å². The van der Waals surface area contributed by atoms with E-state index in [2.05, 4.69) is 0 Å². The van der Waals surface area contributed by atoms with E-state index in [1.165, 1.54) is 0 Å². The largest absolute Gasteiger partial charge is 0.508 e. The van der Waals surface area contributed by atoms with Crippen LogP contribution >= 0.6 is 0 Å². The third-order valence-electron chi connectivity index (χ3n) is 2.05. The molecule has 0 radical (unpaired) electrons. The van der Waals surface area contributed by atoms with Gasteiger partial charge in [-0.2, -0.15) is 0 Å². The molecule has 0 heterocycles. The molecule has 12 heavy (non-hydrogen) atoms. The molecule has 1 aromatic carbocycles. The summed E-state index contributed by atoms with van der Waals surface area (Å²) in [5, 5.41) is 18.4. The zero-order valence-electron chi connectivity index (χ0n) is 6.57. The highest BCUT2D eigenvalue weighted by Crippen LogP contribution is 2.23. The average molecular weight is 162 g/mol. The minimum absolute atomic E-state index is 0.260. The van der Waals surface area contributed by atoms with Crippen molar-refractivity contribution in [3.05, 3.63) is 35.4 Å². The molecule has 1 atom stereocenters. The Morgan fingerprint density at radius 1 is 1.33 bits per heavy atom. The molecule has 62 valence electrons. The number of hydrogen-bond acceptors (Lipinski definition) is 2. The van der Waals surface area contributed by atoms with Crippen LogP contribution in [0.15, 0.2) is 24.3 Å². The average Bonchev–Trinajstić information content (AvgIpc) is 2.03. The van der Waals surface area contributed by atoms with Crippen molar-refractivity contribution in [2.24, 2.45) is 0 Å². The third-order valence-corrected chi connectivity index (χ3v) is 2.05. The summed E-state index contributed by atoms with van der Waals surface area (Å²) in [5.41, 5.74) is 2.09. The number of phenols is 1. The Hall–Kier alpha value is -1.28. The topological polar surface area (TPSA) is 40.5 Å². The molecule has 1 aliphatic rings. The highest BCUT2D eigenvalue weighted by Gasteiger charge is 2.10. The molecular formula is C10H10O2. The molecule has 2 nitrogen and oxygen atoms in total. The second kappa shape index (κ2) is 2.64. The Balaban J connectivity index is 2.47. The standard InChI is InChI=1S/C10H10O2/c11-9-3-1-7-2-4-10(12)6-8(7)5-9/h1-5,10-12H,6H2. The van der Waals surface area contributed by atoms with E-state index >= 15 is 0 Å². The monoisotopic (exact) mass is 162 g/mol. The van der Waals surface area contributed by atoms with E-state index in [-0.39, 0.29) is 5.75 Å². The third kappa shape index (κ3) is 1.21. The van der Waals surface area contributed by atoms with E-state index in [1.807, 2.05) is 12.1 Å². The normalized spacial score (nSPS) is 20.6. The van der Waals surface area contributed by atoms with Crippen molar-refractivity contribution in [3.63, 3.8) is 0 Å². The van der Waals surface area contributed by atoms with E-state index < -0.39 is 6.10 Å². The van der Waals surface area contributed by atoms with Gasteiger partial charge in [-0.15, -0.1) is 0 Å². The van der Waals surface area contributed by atoms with Crippen LogP contribution in [0.4, 0.5) is 0 Å². The summed E-state index contributed by atoms with van der Waals surface area (Å²) in [7, 11) is 0. The first-order valence-corrected chi connectivity index (χ1v) is 3.94. The minimum Gasteiger partial charge on any atom is -0.508 e. The molecule has 2 heteroatoms. The number of fused-ring (bicyclic) bond motifs is 1. The summed E-state index contributed by atoms with van der Waals surface area (Å²) in [6, 6.07) is 5.20. The van der Waals surface area contributed by atoms with Gasteiger partial charge in [0, 0.05) is 6.42 Å². The van der Waals surface area contributed by atoms with Crippen molar-refractivity contribution in [2.75, 3.05) is 0 Å². The molecule has 0 amide bonds. The number of hydrogen-bond donors (Lipinski definition) is 2. The molecule has 0 saturated heterocycles. The zero-order chi connectivity index (χ0) is 8.55. The van der Waals surface area contributed by atoms with Crippen molar-refractivity contribution < 1.29 is 10.2 Å². The Morgan fingerprint density at radius 3 is 3.00 bits per heavy atom. The van der Waals surface area contributed by atoms with Crippen LogP contribution in [-0.2, 0) is 6.42 Å². The molecule has 1 aliphatic carbocycles. The van der Waals surface area contributed by atoms with E-state index in [9.17, 15) is 5.11 Å². The van der Waals surface area contributed by atoms with Crippen molar-refractivity contribution >= 4 is 6.08 Å². The van der Waals surface area contributed by atoms with Gasteiger partial charge >= 0.3 is 0 Å². The first-order valence-electron chi connectivity index (χ1n) is 3.94. The van der Waals surface area contributed by atoms with Crippen LogP contribution in [-0.4, -0.2) is 16.3 Å². The fraction of sp³-hybridized carbons (Fsp3) is 0.200. The molecule has 1 unspecified atom stereocenters. The number of aromatic hydroxyl groups is 1. The zero-order valence-corrected chi connectivity index (χ0v) is 6.57. The molecular weight excluding hydrogens is 152 g/mol. The van der Waals surface area contributed by atoms with Gasteiger partial charge in [-0.1, -0.05) is 18.2 Å². The maximum atomic E-state index is 9.28. The van der Waals surface area contributed by atoms with Gasteiger partial charge in [0.25, 0.3) is 0 Å². The molecule has 0 aromatic heterocycles. The summed E-state index contributed by atoms with van der Waals surface area (Å²) in [5.74, 6) is 0.260. The summed E-state index contributed by atoms with van der Waals surface area (Å²) >= 11 is 0. The van der Waals surface area contributed by atoms with Crippen LogP contribution in [0.3, 0.4) is 0 Å². The van der Waals surface area contributed by atoms with Crippen molar-refractivity contribution in [1.82, 2.24) is 0 Å². The lowest BCUT2D eigenvalue weighted by Gasteiger charge is -2.14. The lowest BCUT2D eigenvalue weighted by Crippen LogP contribution is -2.10. The lowest BCUT2D eigenvalue weighted by atomic mass is 9.96. The number of aliphatic hydroxyl groups excluding tert-OH is 1. The van der Waals surface area contributed by atoms with Crippen LogP contribution in [0.1, 0.15) is 11.1 Å². The fourth-order valence-corrected chi connectivity index (χ4v) is 1.44. The van der Waals surface area contributed by atoms with Crippen molar-refractivity contribution in [1.29, 1.82) is 0 Å². The van der Waals surface area contributed by atoms with Crippen LogP contribution in [0.25, 0.3) is 6.08 Å². The predicted octanol–water partition coefficient (Wildman–Crippen LogP) is 1.32. The second-order valence-corrected chi connectivity index (χ2v) is 3.01. The number of phenolic OH excluding ortho intramolecular Hbond substituents is 1.